The SMILES string of the molecule is CCOc1ccc(C(=O)Nc2ccc3oc(=O)ccc3c2)cc1. The van der Waals surface area contributed by atoms with Crippen LogP contribution in [0, 0.1) is 0 Å². The van der Waals surface area contributed by atoms with E-state index in [4.69, 9.17) is 9.15 Å². The molecule has 0 fully saturated rings. The van der Waals surface area contributed by atoms with Crippen LogP contribution in [0.3, 0.4) is 0 Å². The van der Waals surface area contributed by atoms with Gasteiger partial charge in [0.05, 0.1) is 6.61 Å². The molecule has 5 nitrogen and oxygen atoms in total. The molecule has 0 atom stereocenters. The van der Waals surface area contributed by atoms with E-state index in [1.54, 1.807) is 48.5 Å². The first-order chi connectivity index (χ1) is 11.2. The first-order valence-electron chi connectivity index (χ1n) is 7.24. The normalized spacial score (nSPS) is 10.5. The lowest BCUT2D eigenvalue weighted by Gasteiger charge is -2.07. The molecule has 3 rings (SSSR count). The molecule has 1 N–H and O–H groups in total. The van der Waals surface area contributed by atoms with Crippen molar-refractivity contribution in [3.05, 3.63) is 70.6 Å². The van der Waals surface area contributed by atoms with Gasteiger partial charge >= 0.3 is 5.63 Å². The maximum absolute atomic E-state index is 12.2. The van der Waals surface area contributed by atoms with Gasteiger partial charge in [-0.05, 0) is 55.5 Å². The summed E-state index contributed by atoms with van der Waals surface area (Å²) < 4.78 is 10.4. The minimum atomic E-state index is -0.399. The monoisotopic (exact) mass is 309 g/mol. The summed E-state index contributed by atoms with van der Waals surface area (Å²) in [4.78, 5) is 23.4. The first kappa shape index (κ1) is 14.8. The molecule has 5 heteroatoms. The molecule has 0 saturated carbocycles. The van der Waals surface area contributed by atoms with E-state index >= 15 is 0 Å². The van der Waals surface area contributed by atoms with E-state index in [1.807, 2.05) is 6.92 Å². The van der Waals surface area contributed by atoms with Crippen molar-refractivity contribution in [2.24, 2.45) is 0 Å². The minimum absolute atomic E-state index is 0.218. The van der Waals surface area contributed by atoms with Crippen molar-refractivity contribution >= 4 is 22.6 Å². The number of ether oxygens (including phenoxy) is 1. The number of amides is 1. The van der Waals surface area contributed by atoms with Crippen molar-refractivity contribution in [1.82, 2.24) is 0 Å². The molecule has 0 aliphatic rings. The van der Waals surface area contributed by atoms with Crippen LogP contribution in [-0.2, 0) is 0 Å². The van der Waals surface area contributed by atoms with Gasteiger partial charge in [-0.3, -0.25) is 4.79 Å². The summed E-state index contributed by atoms with van der Waals surface area (Å²) in [6.07, 6.45) is 0. The first-order valence-corrected chi connectivity index (χ1v) is 7.24. The summed E-state index contributed by atoms with van der Waals surface area (Å²) in [5.74, 6) is 0.509. The van der Waals surface area contributed by atoms with Crippen LogP contribution in [0.4, 0.5) is 5.69 Å². The predicted octanol–water partition coefficient (Wildman–Crippen LogP) is 3.44. The van der Waals surface area contributed by atoms with Crippen LogP contribution < -0.4 is 15.7 Å². The molecule has 116 valence electrons. The number of fused-ring (bicyclic) bond motifs is 1. The third kappa shape index (κ3) is 3.40. The van der Waals surface area contributed by atoms with Gasteiger partial charge in [-0.2, -0.15) is 0 Å². The van der Waals surface area contributed by atoms with Crippen molar-refractivity contribution in [1.29, 1.82) is 0 Å². The summed E-state index contributed by atoms with van der Waals surface area (Å²) >= 11 is 0. The second-order valence-corrected chi connectivity index (χ2v) is 4.92. The molecular weight excluding hydrogens is 294 g/mol. The average Bonchev–Trinajstić information content (AvgIpc) is 2.56. The highest BCUT2D eigenvalue weighted by Crippen LogP contribution is 2.19. The average molecular weight is 309 g/mol. The number of benzene rings is 2. The van der Waals surface area contributed by atoms with Gasteiger partial charge in [0.15, 0.2) is 0 Å². The Bertz CT molecular complexity index is 897. The van der Waals surface area contributed by atoms with E-state index < -0.39 is 5.63 Å². The third-order valence-electron chi connectivity index (χ3n) is 3.30. The van der Waals surface area contributed by atoms with Crippen molar-refractivity contribution in [2.45, 2.75) is 6.92 Å². The van der Waals surface area contributed by atoms with Crippen LogP contribution in [0.15, 0.2) is 63.8 Å². The topological polar surface area (TPSA) is 68.5 Å². The highest BCUT2D eigenvalue weighted by atomic mass is 16.5. The Morgan fingerprint density at radius 2 is 1.87 bits per heavy atom. The molecule has 1 heterocycles. The van der Waals surface area contributed by atoms with Crippen LogP contribution in [-0.4, -0.2) is 12.5 Å². The van der Waals surface area contributed by atoms with Crippen molar-refractivity contribution in [3.63, 3.8) is 0 Å². The molecule has 0 bridgehead atoms. The second kappa shape index (κ2) is 6.36. The zero-order valence-electron chi connectivity index (χ0n) is 12.5. The fourth-order valence-electron chi connectivity index (χ4n) is 2.22. The van der Waals surface area contributed by atoms with Gasteiger partial charge in [0.25, 0.3) is 5.91 Å². The van der Waals surface area contributed by atoms with Crippen LogP contribution in [0.5, 0.6) is 5.75 Å². The summed E-state index contributed by atoms with van der Waals surface area (Å²) in [7, 11) is 0. The van der Waals surface area contributed by atoms with Crippen molar-refractivity contribution in [2.75, 3.05) is 11.9 Å². The van der Waals surface area contributed by atoms with Gasteiger partial charge in [0.2, 0.25) is 0 Å². The van der Waals surface area contributed by atoms with Crippen LogP contribution in [0.25, 0.3) is 11.0 Å². The molecule has 1 aromatic heterocycles. The fourth-order valence-corrected chi connectivity index (χ4v) is 2.22. The lowest BCUT2D eigenvalue weighted by molar-refractivity contribution is 0.102. The zero-order valence-corrected chi connectivity index (χ0v) is 12.5. The Balaban J connectivity index is 1.79. The maximum Gasteiger partial charge on any atom is 0.336 e. The number of carbonyl (C=O) groups is 1. The molecule has 0 saturated heterocycles. The molecule has 1 amide bonds. The summed E-state index contributed by atoms with van der Waals surface area (Å²) in [5.41, 5.74) is 1.25. The molecule has 0 radical (unpaired) electrons. The highest BCUT2D eigenvalue weighted by molar-refractivity contribution is 6.05. The molecular formula is C18H15NO4. The lowest BCUT2D eigenvalue weighted by Crippen LogP contribution is -2.11. The number of rotatable bonds is 4. The molecule has 3 aromatic rings. The van der Waals surface area contributed by atoms with E-state index in [0.29, 0.717) is 23.4 Å². The standard InChI is InChI=1S/C18H15NO4/c1-2-22-15-7-3-12(4-8-15)18(21)19-14-6-9-16-13(11-14)5-10-17(20)23-16/h3-11H,2H2,1H3,(H,19,21). The number of carbonyl (C=O) groups excluding carboxylic acids is 1. The van der Waals surface area contributed by atoms with Gasteiger partial charge in [0, 0.05) is 22.7 Å². The largest absolute Gasteiger partial charge is 0.494 e. The van der Waals surface area contributed by atoms with Gasteiger partial charge in [0.1, 0.15) is 11.3 Å². The molecule has 0 spiro atoms. The summed E-state index contributed by atoms with van der Waals surface area (Å²) in [5, 5.41) is 3.56. The fraction of sp³-hybridized carbons (Fsp3) is 0.111. The Morgan fingerprint density at radius 3 is 2.61 bits per heavy atom. The van der Waals surface area contributed by atoms with Gasteiger partial charge in [-0.15, -0.1) is 0 Å². The molecule has 0 aliphatic heterocycles. The maximum atomic E-state index is 12.2. The zero-order chi connectivity index (χ0) is 16.2. The summed E-state index contributed by atoms with van der Waals surface area (Å²) in [6.45, 7) is 2.49. The van der Waals surface area contributed by atoms with Gasteiger partial charge in [-0.1, -0.05) is 0 Å². The Kier molecular flexibility index (Phi) is 4.10. The van der Waals surface area contributed by atoms with Gasteiger partial charge < -0.3 is 14.5 Å². The number of anilines is 1. The van der Waals surface area contributed by atoms with Crippen molar-refractivity contribution in [3.8, 4) is 5.75 Å². The molecule has 0 aliphatic carbocycles. The third-order valence-corrected chi connectivity index (χ3v) is 3.30. The van der Waals surface area contributed by atoms with E-state index in [2.05, 4.69) is 5.32 Å². The molecule has 0 unspecified atom stereocenters. The Labute approximate surface area is 132 Å². The molecule has 2 aromatic carbocycles. The Hall–Kier alpha value is -3.08. The van der Waals surface area contributed by atoms with Crippen molar-refractivity contribution < 1.29 is 13.9 Å². The lowest BCUT2D eigenvalue weighted by atomic mass is 10.2. The minimum Gasteiger partial charge on any atom is -0.494 e. The summed E-state index contributed by atoms with van der Waals surface area (Å²) in [6, 6.07) is 15.0. The van der Waals surface area contributed by atoms with E-state index in [0.717, 1.165) is 11.1 Å². The van der Waals surface area contributed by atoms with Crippen LogP contribution in [0.2, 0.25) is 0 Å². The highest BCUT2D eigenvalue weighted by Gasteiger charge is 2.07. The molecule has 23 heavy (non-hydrogen) atoms. The quantitative estimate of drug-likeness (QED) is 0.750. The number of nitrogens with one attached hydrogen (secondary N) is 1. The number of hydrogen-bond acceptors (Lipinski definition) is 4. The van der Waals surface area contributed by atoms with E-state index in [-0.39, 0.29) is 5.91 Å². The van der Waals surface area contributed by atoms with Gasteiger partial charge in [-0.25, -0.2) is 4.79 Å². The number of hydrogen-bond donors (Lipinski definition) is 1. The second-order valence-electron chi connectivity index (χ2n) is 4.92. The predicted molar refractivity (Wildman–Crippen MR) is 88.0 cm³/mol. The smallest absolute Gasteiger partial charge is 0.336 e. The van der Waals surface area contributed by atoms with Crippen LogP contribution in [0.1, 0.15) is 17.3 Å². The van der Waals surface area contributed by atoms with Crippen LogP contribution >= 0.6 is 0 Å². The van der Waals surface area contributed by atoms with E-state index in [9.17, 15) is 9.59 Å². The van der Waals surface area contributed by atoms with E-state index in [1.165, 1.54) is 6.07 Å². The Morgan fingerprint density at radius 1 is 1.09 bits per heavy atom.